The first-order valence-electron chi connectivity index (χ1n) is 8.39. The molecule has 0 bridgehead atoms. The fourth-order valence-corrected chi connectivity index (χ4v) is 2.93. The quantitative estimate of drug-likeness (QED) is 0.446. The molecule has 1 aliphatic carbocycles. The fraction of sp³-hybridized carbons (Fsp3) is 0.333. The smallest absolute Gasteiger partial charge is 0.379 e. The van der Waals surface area contributed by atoms with E-state index in [4.69, 9.17) is 11.5 Å². The van der Waals surface area contributed by atoms with Crippen molar-refractivity contribution in [2.75, 3.05) is 5.73 Å². The Morgan fingerprint density at radius 3 is 2.24 bits per heavy atom. The van der Waals surface area contributed by atoms with E-state index >= 15 is 0 Å². The van der Waals surface area contributed by atoms with Crippen molar-refractivity contribution in [2.24, 2.45) is 5.73 Å². The van der Waals surface area contributed by atoms with Crippen molar-refractivity contribution < 1.29 is 23.1 Å². The van der Waals surface area contributed by atoms with Crippen LogP contribution in [-0.4, -0.2) is 29.4 Å². The van der Waals surface area contributed by atoms with Gasteiger partial charge in [0.2, 0.25) is 0 Å². The summed E-state index contributed by atoms with van der Waals surface area (Å²) in [7, 11) is 4.19. The average molecular weight is 427 g/mol. The number of nitrogen functional groups attached to an aromatic ring is 1. The third kappa shape index (κ3) is 5.72. The highest BCUT2D eigenvalue weighted by Gasteiger charge is 2.30. The predicted octanol–water partition coefficient (Wildman–Crippen LogP) is 2.90. The zero-order valence-electron chi connectivity index (χ0n) is 15.8. The van der Waals surface area contributed by atoms with Gasteiger partial charge in [0.1, 0.15) is 11.6 Å². The summed E-state index contributed by atoms with van der Waals surface area (Å²) in [5, 5.41) is 9.99. The van der Waals surface area contributed by atoms with Crippen LogP contribution in [0.1, 0.15) is 45.8 Å². The standard InChI is InChI=1S/C17H19N3O3.CHF3.BHS/c1-8-3-6-13(21)9(2)14(8)20-15(18)12(16(19)22)7-11(17(20)23)10-4-5-10;2-1(3)4;1-2/h3,6-7,10,21H,4-5,18H2,1-2H3,(H2,19,22);1H;2H. The molecule has 0 spiro atoms. The van der Waals surface area contributed by atoms with Crippen LogP contribution in [0.25, 0.3) is 5.69 Å². The predicted molar refractivity (Wildman–Crippen MR) is 110 cm³/mol. The maximum absolute atomic E-state index is 12.9. The van der Waals surface area contributed by atoms with Crippen LogP contribution in [0.5, 0.6) is 5.75 Å². The number of carbonyl (C=O) groups is 1. The van der Waals surface area contributed by atoms with Crippen molar-refractivity contribution in [1.29, 1.82) is 0 Å². The number of aryl methyl sites for hydroxylation is 1. The summed E-state index contributed by atoms with van der Waals surface area (Å²) in [5.74, 6) is -0.461. The number of primary amides is 1. The first kappa shape index (κ1) is 24.5. The third-order valence-electron chi connectivity index (χ3n) is 4.38. The topological polar surface area (TPSA) is 111 Å². The zero-order chi connectivity index (χ0) is 22.5. The van der Waals surface area contributed by atoms with Gasteiger partial charge in [-0.15, -0.1) is 0 Å². The van der Waals surface area contributed by atoms with E-state index in [1.54, 1.807) is 19.1 Å². The number of anilines is 1. The summed E-state index contributed by atoms with van der Waals surface area (Å²) in [4.78, 5) is 24.6. The van der Waals surface area contributed by atoms with E-state index in [9.17, 15) is 27.9 Å². The number of alkyl halides is 3. The maximum Gasteiger partial charge on any atom is 0.379 e. The Labute approximate surface area is 172 Å². The highest BCUT2D eigenvalue weighted by molar-refractivity contribution is 8.03. The number of aromatic nitrogens is 1. The molecule has 1 amide bonds. The number of hydrogen-bond acceptors (Lipinski definition) is 5. The molecule has 2 aromatic rings. The number of aromatic hydroxyl groups is 1. The summed E-state index contributed by atoms with van der Waals surface area (Å²) < 4.78 is 30.3. The Bertz CT molecular complexity index is 947. The molecule has 0 saturated heterocycles. The summed E-state index contributed by atoms with van der Waals surface area (Å²) in [6, 6.07) is 4.79. The summed E-state index contributed by atoms with van der Waals surface area (Å²) in [6.07, 6.45) is 1.82. The Hall–Kier alpha value is -2.56. The van der Waals surface area contributed by atoms with Gasteiger partial charge in [-0.05, 0) is 50.3 Å². The van der Waals surface area contributed by atoms with Gasteiger partial charge in [0.05, 0.1) is 11.3 Å². The molecule has 11 heteroatoms. The molecule has 1 aromatic heterocycles. The number of carbonyl (C=O) groups excluding carboxylic acids is 1. The van der Waals surface area contributed by atoms with E-state index in [1.165, 1.54) is 10.6 Å². The minimum atomic E-state index is -3.67. The Morgan fingerprint density at radius 2 is 1.79 bits per heavy atom. The van der Waals surface area contributed by atoms with Crippen molar-refractivity contribution in [3.63, 3.8) is 0 Å². The van der Waals surface area contributed by atoms with E-state index in [0.29, 0.717) is 16.8 Å². The van der Waals surface area contributed by atoms with Gasteiger partial charge in [-0.3, -0.25) is 14.2 Å². The Kier molecular flexibility index (Phi) is 8.68. The largest absolute Gasteiger partial charge is 0.508 e. The first-order chi connectivity index (χ1) is 13.6. The van der Waals surface area contributed by atoms with Crippen LogP contribution >= 0.6 is 12.5 Å². The molecule has 0 unspecified atom stereocenters. The third-order valence-corrected chi connectivity index (χ3v) is 4.38. The number of phenols is 1. The van der Waals surface area contributed by atoms with Crippen LogP contribution in [-0.2, 0) is 0 Å². The average Bonchev–Trinajstić information content (AvgIpc) is 3.47. The van der Waals surface area contributed by atoms with E-state index < -0.39 is 12.6 Å². The molecule has 1 aromatic carbocycles. The van der Waals surface area contributed by atoms with Gasteiger partial charge in [-0.25, -0.2) is 12.5 Å². The molecule has 1 aliphatic rings. The molecule has 5 N–H and O–H groups in total. The number of rotatable bonds is 3. The van der Waals surface area contributed by atoms with Crippen molar-refractivity contribution >= 4 is 31.3 Å². The van der Waals surface area contributed by atoms with Crippen LogP contribution in [0.4, 0.5) is 19.0 Å². The number of thiol groups is 1. The summed E-state index contributed by atoms with van der Waals surface area (Å²) >= 11 is 3.03. The number of hydrogen-bond donors (Lipinski definition) is 4. The molecular weight excluding hydrogens is 406 g/mol. The van der Waals surface area contributed by atoms with Crippen molar-refractivity contribution in [3.05, 3.63) is 50.8 Å². The highest BCUT2D eigenvalue weighted by atomic mass is 32.1. The molecule has 156 valence electrons. The molecule has 6 nitrogen and oxygen atoms in total. The van der Waals surface area contributed by atoms with E-state index in [2.05, 4.69) is 19.6 Å². The lowest BCUT2D eigenvalue weighted by Gasteiger charge is -2.19. The second kappa shape index (κ2) is 10.3. The van der Waals surface area contributed by atoms with Crippen molar-refractivity contribution in [3.8, 4) is 11.4 Å². The molecule has 1 heterocycles. The molecule has 0 aliphatic heterocycles. The second-order valence-electron chi connectivity index (χ2n) is 6.30. The van der Waals surface area contributed by atoms with Gasteiger partial charge in [-0.2, -0.15) is 13.2 Å². The minimum absolute atomic E-state index is 0.00343. The summed E-state index contributed by atoms with van der Waals surface area (Å²) in [6.45, 7) is -0.140. The van der Waals surface area contributed by atoms with Crippen LogP contribution in [0, 0.1) is 13.8 Å². The lowest BCUT2D eigenvalue weighted by molar-refractivity contribution is 0.00818. The number of phenolic OH excluding ortho intramolecular Hbond substituents is 1. The molecule has 0 atom stereocenters. The Balaban J connectivity index is 0.000000627. The fourth-order valence-electron chi connectivity index (χ4n) is 2.93. The van der Waals surface area contributed by atoms with Gasteiger partial charge in [0, 0.05) is 11.1 Å². The van der Waals surface area contributed by atoms with Crippen LogP contribution in [0.2, 0.25) is 0 Å². The van der Waals surface area contributed by atoms with E-state index in [1.807, 2.05) is 6.92 Å². The number of amides is 1. The van der Waals surface area contributed by atoms with Crippen molar-refractivity contribution in [1.82, 2.24) is 4.57 Å². The van der Waals surface area contributed by atoms with Gasteiger partial charge in [-0.1, -0.05) is 6.07 Å². The van der Waals surface area contributed by atoms with E-state index in [0.717, 1.165) is 18.4 Å². The summed E-state index contributed by atoms with van der Waals surface area (Å²) in [5.41, 5.74) is 13.7. The van der Waals surface area contributed by atoms with Crippen LogP contribution in [0.15, 0.2) is 23.0 Å². The first-order valence-corrected chi connectivity index (χ1v) is 8.90. The molecular formula is C18H21BF3N3O3S. The Morgan fingerprint density at radius 1 is 1.28 bits per heavy atom. The number of nitrogens with zero attached hydrogens (tertiary/aromatic N) is 1. The van der Waals surface area contributed by atoms with Crippen LogP contribution < -0.4 is 17.0 Å². The van der Waals surface area contributed by atoms with E-state index in [-0.39, 0.29) is 28.6 Å². The molecule has 2 radical (unpaired) electrons. The zero-order valence-corrected chi connectivity index (χ0v) is 16.7. The highest BCUT2D eigenvalue weighted by Crippen LogP contribution is 2.39. The van der Waals surface area contributed by atoms with Crippen molar-refractivity contribution in [2.45, 2.75) is 39.3 Å². The SMILES string of the molecule is Cc1ccc(O)c(C)c1-n1c(N)c(C(N)=O)cc(C2CC2)c1=O.FC(F)F.[B]S. The van der Waals surface area contributed by atoms with Crippen LogP contribution in [0.3, 0.4) is 0 Å². The normalized spacial score (nSPS) is 12.5. The number of benzene rings is 1. The molecule has 3 rings (SSSR count). The minimum Gasteiger partial charge on any atom is -0.508 e. The van der Waals surface area contributed by atoms with Gasteiger partial charge in [0.25, 0.3) is 11.5 Å². The van der Waals surface area contributed by atoms with Gasteiger partial charge >= 0.3 is 6.68 Å². The monoisotopic (exact) mass is 427 g/mol. The maximum atomic E-state index is 12.9. The molecule has 29 heavy (non-hydrogen) atoms. The second-order valence-corrected chi connectivity index (χ2v) is 6.30. The number of halogens is 3. The molecule has 1 saturated carbocycles. The van der Waals surface area contributed by atoms with Gasteiger partial charge < -0.3 is 16.6 Å². The number of pyridine rings is 1. The number of nitrogens with two attached hydrogens (primary N) is 2. The lowest BCUT2D eigenvalue weighted by Crippen LogP contribution is -2.29. The van der Waals surface area contributed by atoms with Gasteiger partial charge in [0.15, 0.2) is 7.12 Å². The lowest BCUT2D eigenvalue weighted by atomic mass is 10.0. The molecule has 1 fully saturated rings.